The van der Waals surface area contributed by atoms with Crippen LogP contribution in [0.5, 0.6) is 0 Å². The van der Waals surface area contributed by atoms with Crippen molar-refractivity contribution >= 4 is 17.1 Å². The number of benzene rings is 3. The molecule has 1 saturated carbocycles. The van der Waals surface area contributed by atoms with Gasteiger partial charge in [-0.05, 0) is 123 Å². The molecule has 5 nitrogen and oxygen atoms in total. The zero-order chi connectivity index (χ0) is 43.5. The van der Waals surface area contributed by atoms with Crippen LogP contribution in [0.1, 0.15) is 106 Å². The monoisotopic (exact) mass is 857 g/mol. The molecule has 3 aromatic rings. The highest BCUT2D eigenvalue weighted by Gasteiger charge is 2.53. The number of aliphatic imine (C=N–C) groups is 1. The maximum absolute atomic E-state index is 7.43. The van der Waals surface area contributed by atoms with Gasteiger partial charge in [0.25, 0.3) is 0 Å². The van der Waals surface area contributed by atoms with Crippen molar-refractivity contribution in [1.29, 1.82) is 0 Å². The van der Waals surface area contributed by atoms with E-state index in [-0.39, 0.29) is 35.8 Å². The number of para-hydroxylation sites is 1. The molecule has 0 bridgehead atoms. The van der Waals surface area contributed by atoms with E-state index >= 15 is 0 Å². The molecule has 330 valence electrons. The predicted octanol–water partition coefficient (Wildman–Crippen LogP) is 12.2. The summed E-state index contributed by atoms with van der Waals surface area (Å²) in [5.41, 5.74) is 10.9. The molecule has 6 aliphatic carbocycles. The van der Waals surface area contributed by atoms with Gasteiger partial charge in [0, 0.05) is 59.1 Å². The van der Waals surface area contributed by atoms with Crippen molar-refractivity contribution < 1.29 is 4.74 Å². The van der Waals surface area contributed by atoms with Crippen molar-refractivity contribution in [3.05, 3.63) is 179 Å². The first-order valence-corrected chi connectivity index (χ1v) is 25.1. The van der Waals surface area contributed by atoms with Crippen LogP contribution in [-0.4, -0.2) is 48.3 Å². The number of fused-ring (bicyclic) bond motifs is 6. The van der Waals surface area contributed by atoms with Crippen LogP contribution in [0.4, 0.5) is 5.69 Å². The van der Waals surface area contributed by atoms with Crippen LogP contribution in [0, 0.1) is 40.9 Å². The minimum absolute atomic E-state index is 0.00382. The minimum Gasteiger partial charge on any atom is -0.489 e. The van der Waals surface area contributed by atoms with E-state index in [0.29, 0.717) is 29.7 Å². The quantitative estimate of drug-likeness (QED) is 0.181. The molecule has 1 N–H and O–H groups in total. The molecule has 3 fully saturated rings. The molecule has 3 aromatic carbocycles. The molecule has 5 heteroatoms. The molecule has 9 aliphatic rings. The molecule has 2 saturated heterocycles. The van der Waals surface area contributed by atoms with Crippen molar-refractivity contribution in [1.82, 2.24) is 10.2 Å². The number of nitrogens with zero attached hydrogens (tertiary/aromatic N) is 3. The van der Waals surface area contributed by atoms with Gasteiger partial charge in [-0.15, -0.1) is 5.92 Å². The normalized spacial score (nSPS) is 34.5. The average molecular weight is 857 g/mol. The highest BCUT2D eigenvalue weighted by molar-refractivity contribution is 6.02. The summed E-state index contributed by atoms with van der Waals surface area (Å²) in [5, 5.41) is 4.13. The van der Waals surface area contributed by atoms with Crippen molar-refractivity contribution in [2.24, 2.45) is 34.1 Å². The molecule has 0 amide bonds. The third kappa shape index (κ3) is 7.23. The lowest BCUT2D eigenvalue weighted by Gasteiger charge is -2.42. The Morgan fingerprint density at radius 3 is 2.52 bits per heavy atom. The Hall–Kier alpha value is -5.57. The number of rotatable bonds is 8. The summed E-state index contributed by atoms with van der Waals surface area (Å²) in [6.07, 6.45) is 37.8. The van der Waals surface area contributed by atoms with E-state index in [9.17, 15) is 0 Å². The molecule has 12 rings (SSSR count). The van der Waals surface area contributed by atoms with Gasteiger partial charge in [-0.2, -0.15) is 0 Å². The van der Waals surface area contributed by atoms with E-state index in [4.69, 9.17) is 9.73 Å². The van der Waals surface area contributed by atoms with Crippen molar-refractivity contribution in [3.63, 3.8) is 0 Å². The molecule has 65 heavy (non-hydrogen) atoms. The first-order valence-electron chi connectivity index (χ1n) is 25.1. The fraction of sp³-hybridized carbons (Fsp3) is 0.417. The highest BCUT2D eigenvalue weighted by atomic mass is 16.5. The third-order valence-electron chi connectivity index (χ3n) is 16.9. The number of hydrogen-bond donors (Lipinski definition) is 1. The third-order valence-corrected chi connectivity index (χ3v) is 16.9. The molecule has 0 spiro atoms. The van der Waals surface area contributed by atoms with Crippen molar-refractivity contribution in [3.8, 4) is 11.8 Å². The Morgan fingerprint density at radius 1 is 0.846 bits per heavy atom. The predicted molar refractivity (Wildman–Crippen MR) is 266 cm³/mol. The summed E-state index contributed by atoms with van der Waals surface area (Å²) in [7, 11) is 2.28. The molecule has 11 unspecified atom stereocenters. The molecule has 0 radical (unpaired) electrons. The molecule has 3 heterocycles. The summed E-state index contributed by atoms with van der Waals surface area (Å²) in [6.45, 7) is 2.48. The second kappa shape index (κ2) is 17.0. The van der Waals surface area contributed by atoms with E-state index in [1.165, 1.54) is 76.8 Å². The van der Waals surface area contributed by atoms with E-state index < -0.39 is 0 Å². The van der Waals surface area contributed by atoms with Gasteiger partial charge in [0.2, 0.25) is 0 Å². The summed E-state index contributed by atoms with van der Waals surface area (Å²) in [6, 6.07) is 30.1. The maximum atomic E-state index is 7.43. The number of anilines is 1. The van der Waals surface area contributed by atoms with Crippen molar-refractivity contribution in [2.45, 2.75) is 120 Å². The lowest BCUT2D eigenvalue weighted by molar-refractivity contribution is 0.0770. The topological polar surface area (TPSA) is 40.1 Å². The summed E-state index contributed by atoms with van der Waals surface area (Å²) < 4.78 is 7.43. The highest BCUT2D eigenvalue weighted by Crippen LogP contribution is 2.56. The van der Waals surface area contributed by atoms with Gasteiger partial charge in [-0.1, -0.05) is 135 Å². The SMILES string of the molecule is CN1C(Cc2ccccc2)NC(c2cc(C3=CC=CCC3(C)C3C#CCCC3)ccc2C2CCCC3C4=CC5C6C=CC=CC6N(c6ccccc6)C5C=C4OC32)=NC1C1=CCCCC1. The van der Waals surface area contributed by atoms with Crippen LogP contribution < -0.4 is 10.2 Å². The second-order valence-electron chi connectivity index (χ2n) is 20.6. The number of allylic oxidation sites excluding steroid dienone is 8. The minimum atomic E-state index is -0.0541. The standard InChI is InChI=1S/C60H64N4O/c1-60(43-24-11-5-12-25-43)35-18-17-31-52(60)42-33-34-45(51(37-42)58-61-56(36-40-20-7-3-8-21-40)63(2)59(62-58)41-22-9-4-10-23-41)47-29-19-30-48-50-38-49-46-28-15-16-32-53(46)64(44-26-13-6-14-27-44)54(49)39-55(50)65-57(47)48/h3,6-8,13-18,20-22,26-28,31-34,37-39,43,46-49,53-54,56-57,59H,4-5,9-11,19,23-24,29-30,35-36H2,1-2H3,(H,61,62). The first kappa shape index (κ1) is 40.9. The van der Waals surface area contributed by atoms with E-state index in [0.717, 1.165) is 56.5 Å². The largest absolute Gasteiger partial charge is 0.489 e. The van der Waals surface area contributed by atoms with Gasteiger partial charge in [-0.25, -0.2) is 4.99 Å². The van der Waals surface area contributed by atoms with Gasteiger partial charge in [0.05, 0.1) is 18.2 Å². The molecule has 0 aromatic heterocycles. The first-order chi connectivity index (χ1) is 32.0. The fourth-order valence-electron chi connectivity index (χ4n) is 13.5. The van der Waals surface area contributed by atoms with Crippen LogP contribution in [-0.2, 0) is 11.2 Å². The Bertz CT molecular complexity index is 2630. The van der Waals surface area contributed by atoms with Gasteiger partial charge in [0.15, 0.2) is 0 Å². The van der Waals surface area contributed by atoms with Gasteiger partial charge >= 0.3 is 0 Å². The number of nitrogens with one attached hydrogen (secondary N) is 1. The van der Waals surface area contributed by atoms with Crippen LogP contribution in [0.15, 0.2) is 162 Å². The zero-order valence-electron chi connectivity index (χ0n) is 38.3. The summed E-state index contributed by atoms with van der Waals surface area (Å²) in [4.78, 5) is 11.0. The Balaban J connectivity index is 0.962. The van der Waals surface area contributed by atoms with E-state index in [2.05, 4.69) is 181 Å². The second-order valence-corrected chi connectivity index (χ2v) is 20.6. The molecular weight excluding hydrogens is 793 g/mol. The molecule has 11 atom stereocenters. The smallest absolute Gasteiger partial charge is 0.131 e. The fourth-order valence-corrected chi connectivity index (χ4v) is 13.5. The van der Waals surface area contributed by atoms with Crippen LogP contribution in [0.25, 0.3) is 5.57 Å². The van der Waals surface area contributed by atoms with Gasteiger partial charge < -0.3 is 15.0 Å². The molecule has 3 aliphatic heterocycles. The van der Waals surface area contributed by atoms with Crippen LogP contribution in [0.2, 0.25) is 0 Å². The Labute approximate surface area is 387 Å². The zero-order valence-corrected chi connectivity index (χ0v) is 38.3. The molecular formula is C60H64N4O. The van der Waals surface area contributed by atoms with Crippen LogP contribution >= 0.6 is 0 Å². The van der Waals surface area contributed by atoms with Crippen LogP contribution in [0.3, 0.4) is 0 Å². The number of hydrogen-bond acceptors (Lipinski definition) is 5. The van der Waals surface area contributed by atoms with E-state index in [1.807, 2.05) is 0 Å². The Kier molecular flexibility index (Phi) is 10.7. The van der Waals surface area contributed by atoms with Gasteiger partial charge in [0.1, 0.15) is 23.9 Å². The van der Waals surface area contributed by atoms with E-state index in [1.54, 1.807) is 0 Å². The maximum Gasteiger partial charge on any atom is 0.131 e. The summed E-state index contributed by atoms with van der Waals surface area (Å²) in [5.74, 6) is 11.2. The average Bonchev–Trinajstić information content (AvgIpc) is 3.90. The number of amidine groups is 1. The summed E-state index contributed by atoms with van der Waals surface area (Å²) >= 11 is 0. The lowest BCUT2D eigenvalue weighted by atomic mass is 9.63. The Morgan fingerprint density at radius 2 is 1.69 bits per heavy atom. The van der Waals surface area contributed by atoms with Gasteiger partial charge in [-0.3, -0.25) is 4.90 Å². The number of ether oxygens (including phenoxy) is 1. The number of likely N-dealkylation sites (N-methyl/N-ethyl adjacent to an activating group) is 1. The lowest BCUT2D eigenvalue weighted by Crippen LogP contribution is -2.56. The van der Waals surface area contributed by atoms with Crippen molar-refractivity contribution in [2.75, 3.05) is 11.9 Å².